The molecule has 0 spiro atoms. The minimum absolute atomic E-state index is 0.144. The van der Waals surface area contributed by atoms with Crippen LogP contribution in [0.25, 0.3) is 10.1 Å². The molecule has 1 heterocycles. The van der Waals surface area contributed by atoms with E-state index in [4.69, 9.17) is 4.74 Å². The van der Waals surface area contributed by atoms with Gasteiger partial charge in [0.2, 0.25) is 0 Å². The maximum atomic E-state index is 14.1. The number of fused-ring (bicyclic) bond motifs is 1. The van der Waals surface area contributed by atoms with Gasteiger partial charge in [-0.15, -0.1) is 11.3 Å². The highest BCUT2D eigenvalue weighted by molar-refractivity contribution is 7.21. The minimum Gasteiger partial charge on any atom is -0.391 e. The van der Waals surface area contributed by atoms with Crippen molar-refractivity contribution in [1.29, 1.82) is 0 Å². The van der Waals surface area contributed by atoms with E-state index in [0.717, 1.165) is 0 Å². The predicted molar refractivity (Wildman–Crippen MR) is 90.3 cm³/mol. The van der Waals surface area contributed by atoms with Gasteiger partial charge in [0.05, 0.1) is 17.6 Å². The van der Waals surface area contributed by atoms with Gasteiger partial charge in [0.15, 0.2) is 0 Å². The number of benzene rings is 1. The summed E-state index contributed by atoms with van der Waals surface area (Å²) in [6.45, 7) is 6.00. The van der Waals surface area contributed by atoms with Crippen molar-refractivity contribution in [2.45, 2.75) is 33.5 Å². The largest absolute Gasteiger partial charge is 0.391 e. The fraction of sp³-hybridized carbons (Fsp3) is 0.471. The zero-order chi connectivity index (χ0) is 17.2. The van der Waals surface area contributed by atoms with Crippen molar-refractivity contribution in [3.8, 4) is 0 Å². The summed E-state index contributed by atoms with van der Waals surface area (Å²) < 4.78 is 19.9. The molecule has 1 amide bonds. The maximum Gasteiger partial charge on any atom is 0.261 e. The maximum absolute atomic E-state index is 14.1. The summed E-state index contributed by atoms with van der Waals surface area (Å²) in [5.74, 6) is -0.680. The molecule has 23 heavy (non-hydrogen) atoms. The molecule has 1 unspecified atom stereocenters. The summed E-state index contributed by atoms with van der Waals surface area (Å²) in [6, 6.07) is 4.78. The summed E-state index contributed by atoms with van der Waals surface area (Å²) in [5, 5.41) is 13.2. The second kappa shape index (κ2) is 6.95. The molecule has 0 fully saturated rings. The van der Waals surface area contributed by atoms with E-state index in [0.29, 0.717) is 20.5 Å². The number of carbonyl (C=O) groups is 1. The third kappa shape index (κ3) is 3.88. The van der Waals surface area contributed by atoms with Gasteiger partial charge in [0, 0.05) is 29.3 Å². The lowest BCUT2D eigenvalue weighted by Gasteiger charge is -2.25. The van der Waals surface area contributed by atoms with E-state index >= 15 is 0 Å². The van der Waals surface area contributed by atoms with Crippen LogP contribution in [0.2, 0.25) is 0 Å². The predicted octanol–water partition coefficient (Wildman–Crippen LogP) is 3.32. The van der Waals surface area contributed by atoms with Crippen LogP contribution in [0.15, 0.2) is 18.2 Å². The molecular weight excluding hydrogens is 317 g/mol. The van der Waals surface area contributed by atoms with E-state index in [1.807, 2.05) is 20.8 Å². The minimum atomic E-state index is -0.663. The molecular formula is C17H22FNO3S. The molecule has 1 atom stereocenters. The number of ether oxygens (including phenoxy) is 1. The highest BCUT2D eigenvalue weighted by atomic mass is 32.1. The van der Waals surface area contributed by atoms with Crippen molar-refractivity contribution < 1.29 is 19.0 Å². The molecule has 1 aromatic carbocycles. The highest BCUT2D eigenvalue weighted by Gasteiger charge is 2.25. The molecule has 0 aliphatic carbocycles. The fourth-order valence-electron chi connectivity index (χ4n) is 2.21. The van der Waals surface area contributed by atoms with Crippen molar-refractivity contribution in [2.75, 3.05) is 13.7 Å². The number of carbonyl (C=O) groups excluding carboxylic acids is 1. The molecule has 4 nitrogen and oxygen atoms in total. The fourth-order valence-corrected chi connectivity index (χ4v) is 3.35. The van der Waals surface area contributed by atoms with Crippen LogP contribution in [0.1, 0.15) is 36.0 Å². The monoisotopic (exact) mass is 339 g/mol. The Labute approximate surface area is 139 Å². The van der Waals surface area contributed by atoms with E-state index in [-0.39, 0.29) is 30.3 Å². The molecule has 126 valence electrons. The second-order valence-corrected chi connectivity index (χ2v) is 7.60. The molecule has 6 heteroatoms. The van der Waals surface area contributed by atoms with E-state index in [1.165, 1.54) is 24.5 Å². The number of hydrogen-bond donors (Lipinski definition) is 2. The Bertz CT molecular complexity index is 706. The smallest absolute Gasteiger partial charge is 0.261 e. The molecule has 0 saturated heterocycles. The zero-order valence-corrected chi connectivity index (χ0v) is 14.6. The van der Waals surface area contributed by atoms with E-state index in [9.17, 15) is 14.3 Å². The number of rotatable bonds is 5. The van der Waals surface area contributed by atoms with Gasteiger partial charge in [-0.25, -0.2) is 4.39 Å². The molecule has 2 rings (SSSR count). The van der Waals surface area contributed by atoms with E-state index < -0.39 is 6.10 Å². The molecule has 0 radical (unpaired) electrons. The van der Waals surface area contributed by atoms with Gasteiger partial charge in [-0.1, -0.05) is 26.8 Å². The number of hydrogen-bond acceptors (Lipinski definition) is 4. The van der Waals surface area contributed by atoms with Gasteiger partial charge in [0.1, 0.15) is 5.82 Å². The number of thiophene rings is 1. The number of methoxy groups -OCH3 is 1. The first kappa shape index (κ1) is 17.8. The number of aliphatic hydroxyl groups excluding tert-OH is 1. The van der Waals surface area contributed by atoms with Gasteiger partial charge in [-0.3, -0.25) is 4.79 Å². The third-order valence-corrected chi connectivity index (χ3v) is 4.91. The first-order chi connectivity index (χ1) is 10.8. The summed E-state index contributed by atoms with van der Waals surface area (Å²) >= 11 is 1.23. The quantitative estimate of drug-likeness (QED) is 0.878. The number of aliphatic hydroxyl groups is 1. The molecule has 0 bridgehead atoms. The molecule has 2 aromatic rings. The lowest BCUT2D eigenvalue weighted by molar-refractivity contribution is 0.0587. The Morgan fingerprint density at radius 3 is 2.74 bits per heavy atom. The SMILES string of the molecule is COCc1c(C(=O)NCC(O)C(C)(C)C)sc2cccc(F)c12. The van der Waals surface area contributed by atoms with Crippen LogP contribution in [-0.4, -0.2) is 30.8 Å². The Morgan fingerprint density at radius 1 is 1.43 bits per heavy atom. The van der Waals surface area contributed by atoms with Gasteiger partial charge in [-0.2, -0.15) is 0 Å². The van der Waals surface area contributed by atoms with E-state index in [2.05, 4.69) is 5.32 Å². The summed E-state index contributed by atoms with van der Waals surface area (Å²) in [7, 11) is 1.51. The van der Waals surface area contributed by atoms with Crippen LogP contribution < -0.4 is 5.32 Å². The van der Waals surface area contributed by atoms with Gasteiger partial charge >= 0.3 is 0 Å². The van der Waals surface area contributed by atoms with Crippen molar-refractivity contribution in [3.63, 3.8) is 0 Å². The van der Waals surface area contributed by atoms with Crippen molar-refractivity contribution in [2.24, 2.45) is 5.41 Å². The summed E-state index contributed by atoms with van der Waals surface area (Å²) in [4.78, 5) is 12.9. The summed E-state index contributed by atoms with van der Waals surface area (Å²) in [6.07, 6.45) is -0.663. The average Bonchev–Trinajstić information content (AvgIpc) is 2.84. The standard InChI is InChI=1S/C17H22FNO3S/c1-17(2,3)13(20)8-19-16(21)15-10(9-22-4)14-11(18)6-5-7-12(14)23-15/h5-7,13,20H,8-9H2,1-4H3,(H,19,21). The van der Waals surface area contributed by atoms with Crippen LogP contribution in [0.5, 0.6) is 0 Å². The Hall–Kier alpha value is -1.50. The molecule has 2 N–H and O–H groups in total. The normalized spacial score (nSPS) is 13.3. The van der Waals surface area contributed by atoms with Gasteiger partial charge in [0.25, 0.3) is 5.91 Å². The lowest BCUT2D eigenvalue weighted by atomic mass is 9.89. The Balaban J connectivity index is 2.30. The topological polar surface area (TPSA) is 58.6 Å². The van der Waals surface area contributed by atoms with Crippen molar-refractivity contribution in [1.82, 2.24) is 5.32 Å². The van der Waals surface area contributed by atoms with Crippen LogP contribution in [0.3, 0.4) is 0 Å². The Morgan fingerprint density at radius 2 is 2.13 bits per heavy atom. The number of amides is 1. The van der Waals surface area contributed by atoms with Crippen molar-refractivity contribution >= 4 is 27.3 Å². The second-order valence-electron chi connectivity index (χ2n) is 6.55. The highest BCUT2D eigenvalue weighted by Crippen LogP contribution is 2.33. The number of halogens is 1. The molecule has 0 saturated carbocycles. The van der Waals surface area contributed by atoms with Crippen molar-refractivity contribution in [3.05, 3.63) is 34.5 Å². The Kier molecular flexibility index (Phi) is 5.39. The van der Waals surface area contributed by atoms with Gasteiger partial charge in [-0.05, 0) is 17.5 Å². The first-order valence-corrected chi connectivity index (χ1v) is 8.22. The van der Waals surface area contributed by atoms with Crippen LogP contribution >= 0.6 is 11.3 Å². The van der Waals surface area contributed by atoms with Gasteiger partial charge < -0.3 is 15.2 Å². The number of nitrogens with one attached hydrogen (secondary N) is 1. The van der Waals surface area contributed by atoms with E-state index in [1.54, 1.807) is 12.1 Å². The lowest BCUT2D eigenvalue weighted by Crippen LogP contribution is -2.39. The molecule has 0 aliphatic heterocycles. The van der Waals surface area contributed by atoms with Crippen LogP contribution in [0.4, 0.5) is 4.39 Å². The molecule has 0 aliphatic rings. The zero-order valence-electron chi connectivity index (χ0n) is 13.8. The third-order valence-electron chi connectivity index (χ3n) is 3.71. The average molecular weight is 339 g/mol. The summed E-state index contributed by atoms with van der Waals surface area (Å²) in [5.41, 5.74) is 0.225. The van der Waals surface area contributed by atoms with Crippen LogP contribution in [0, 0.1) is 11.2 Å². The van der Waals surface area contributed by atoms with Crippen LogP contribution in [-0.2, 0) is 11.3 Å². The first-order valence-electron chi connectivity index (χ1n) is 7.40. The molecule has 1 aromatic heterocycles.